The zero-order chi connectivity index (χ0) is 15.9. The van der Waals surface area contributed by atoms with Crippen LogP contribution in [0.3, 0.4) is 0 Å². The highest BCUT2D eigenvalue weighted by molar-refractivity contribution is 6.35. The average molecular weight is 339 g/mol. The molecule has 0 radical (unpaired) electrons. The molecule has 1 aromatic heterocycles. The number of benzene rings is 1. The molecule has 1 N–H and O–H groups in total. The summed E-state index contributed by atoms with van der Waals surface area (Å²) < 4.78 is 5.21. The van der Waals surface area contributed by atoms with Crippen LogP contribution in [0.1, 0.15) is 16.1 Å². The first-order valence-corrected chi connectivity index (χ1v) is 6.88. The number of carboxylic acid groups (broad SMARTS) is 1. The number of hydrogen-bond donors (Lipinski definition) is 1. The molecule has 22 heavy (non-hydrogen) atoms. The fourth-order valence-electron chi connectivity index (χ4n) is 2.09. The van der Waals surface area contributed by atoms with E-state index in [2.05, 4.69) is 4.98 Å². The van der Waals surface area contributed by atoms with Crippen molar-refractivity contribution in [2.75, 3.05) is 4.90 Å². The van der Waals surface area contributed by atoms with Crippen molar-refractivity contribution in [3.8, 4) is 5.75 Å². The molecule has 0 bridgehead atoms. The van der Waals surface area contributed by atoms with Gasteiger partial charge in [-0.15, -0.1) is 0 Å². The van der Waals surface area contributed by atoms with Crippen molar-refractivity contribution in [1.29, 1.82) is 0 Å². The summed E-state index contributed by atoms with van der Waals surface area (Å²) in [5.41, 5.74) is 0.955. The van der Waals surface area contributed by atoms with Crippen molar-refractivity contribution in [1.82, 2.24) is 4.98 Å². The minimum Gasteiger partial charge on any atom is -0.477 e. The van der Waals surface area contributed by atoms with Gasteiger partial charge in [-0.05, 0) is 24.3 Å². The van der Waals surface area contributed by atoms with Gasteiger partial charge in [-0.25, -0.2) is 14.6 Å². The predicted molar refractivity (Wildman–Crippen MR) is 79.9 cm³/mol. The second-order valence-electron chi connectivity index (χ2n) is 4.54. The van der Waals surface area contributed by atoms with Gasteiger partial charge in [-0.2, -0.15) is 0 Å². The normalized spacial score (nSPS) is 13.5. The molecule has 0 saturated carbocycles. The molecule has 1 amide bonds. The standard InChI is InChI=1S/C14H8Cl2N2O4/c15-8-3-7-6-18(14(21)22-12(7)10(16)4-8)9-1-2-11(13(19)20)17-5-9/h1-5H,6H2,(H,19,20). The number of carbonyl (C=O) groups excluding carboxylic acids is 1. The maximum absolute atomic E-state index is 12.1. The Morgan fingerprint density at radius 2 is 2.09 bits per heavy atom. The van der Waals surface area contributed by atoms with Gasteiger partial charge < -0.3 is 9.84 Å². The number of rotatable bonds is 2. The van der Waals surface area contributed by atoms with Gasteiger partial charge in [0.05, 0.1) is 23.5 Å². The molecule has 1 aromatic carbocycles. The third-order valence-corrected chi connectivity index (χ3v) is 3.60. The van der Waals surface area contributed by atoms with Crippen LogP contribution < -0.4 is 9.64 Å². The molecule has 2 aromatic rings. The number of halogens is 2. The molecule has 0 fully saturated rings. The summed E-state index contributed by atoms with van der Waals surface area (Å²) in [5.74, 6) is -0.862. The Morgan fingerprint density at radius 3 is 2.73 bits per heavy atom. The molecule has 1 aliphatic heterocycles. The Labute approximate surface area is 134 Å². The minimum absolute atomic E-state index is 0.111. The highest BCUT2D eigenvalue weighted by Crippen LogP contribution is 2.37. The summed E-state index contributed by atoms with van der Waals surface area (Å²) in [6, 6.07) is 5.94. The molecule has 0 aliphatic carbocycles. The molecule has 0 saturated heterocycles. The van der Waals surface area contributed by atoms with Gasteiger partial charge in [0.15, 0.2) is 5.75 Å². The van der Waals surface area contributed by atoms with Crippen LogP contribution in [0.5, 0.6) is 5.75 Å². The number of pyridine rings is 1. The number of carboxylic acids is 1. The molecule has 2 heterocycles. The summed E-state index contributed by atoms with van der Waals surface area (Å²) in [4.78, 5) is 28.0. The van der Waals surface area contributed by atoms with E-state index in [1.165, 1.54) is 29.3 Å². The van der Waals surface area contributed by atoms with E-state index in [1.54, 1.807) is 6.07 Å². The van der Waals surface area contributed by atoms with Crippen molar-refractivity contribution >= 4 is 41.0 Å². The van der Waals surface area contributed by atoms with Gasteiger partial charge in [0.1, 0.15) is 5.69 Å². The van der Waals surface area contributed by atoms with Gasteiger partial charge in [0, 0.05) is 10.6 Å². The lowest BCUT2D eigenvalue weighted by Crippen LogP contribution is -2.37. The number of ether oxygens (including phenoxy) is 1. The van der Waals surface area contributed by atoms with E-state index in [-0.39, 0.29) is 23.0 Å². The van der Waals surface area contributed by atoms with Crippen LogP contribution >= 0.6 is 23.2 Å². The first-order chi connectivity index (χ1) is 10.5. The van der Waals surface area contributed by atoms with Gasteiger partial charge in [-0.3, -0.25) is 4.90 Å². The molecule has 8 heteroatoms. The molecule has 3 rings (SSSR count). The lowest BCUT2D eigenvalue weighted by molar-refractivity contribution is 0.0690. The van der Waals surface area contributed by atoms with E-state index in [4.69, 9.17) is 33.0 Å². The van der Waals surface area contributed by atoms with Crippen LogP contribution in [-0.2, 0) is 6.54 Å². The van der Waals surface area contributed by atoms with Crippen molar-refractivity contribution in [2.24, 2.45) is 0 Å². The van der Waals surface area contributed by atoms with Crippen molar-refractivity contribution in [3.63, 3.8) is 0 Å². The topological polar surface area (TPSA) is 79.7 Å². The molecule has 1 aliphatic rings. The van der Waals surface area contributed by atoms with E-state index in [1.807, 2.05) is 0 Å². The van der Waals surface area contributed by atoms with E-state index >= 15 is 0 Å². The number of aromatic nitrogens is 1. The number of nitrogens with zero attached hydrogens (tertiary/aromatic N) is 2. The highest BCUT2D eigenvalue weighted by Gasteiger charge is 2.28. The molecule has 6 nitrogen and oxygen atoms in total. The Hall–Kier alpha value is -2.31. The third-order valence-electron chi connectivity index (χ3n) is 3.10. The summed E-state index contributed by atoms with van der Waals surface area (Å²) in [7, 11) is 0. The summed E-state index contributed by atoms with van der Waals surface area (Å²) >= 11 is 12.0. The Kier molecular flexibility index (Phi) is 3.64. The lowest BCUT2D eigenvalue weighted by Gasteiger charge is -2.28. The van der Waals surface area contributed by atoms with Gasteiger partial charge in [-0.1, -0.05) is 23.2 Å². The highest BCUT2D eigenvalue weighted by atomic mass is 35.5. The number of hydrogen-bond acceptors (Lipinski definition) is 4. The van der Waals surface area contributed by atoms with E-state index in [0.717, 1.165) is 0 Å². The van der Waals surface area contributed by atoms with Crippen molar-refractivity contribution < 1.29 is 19.4 Å². The summed E-state index contributed by atoms with van der Waals surface area (Å²) in [5, 5.41) is 9.52. The Morgan fingerprint density at radius 1 is 1.32 bits per heavy atom. The zero-order valence-electron chi connectivity index (χ0n) is 10.9. The number of anilines is 1. The second-order valence-corrected chi connectivity index (χ2v) is 5.38. The Balaban J connectivity index is 1.95. The monoisotopic (exact) mass is 338 g/mol. The fraction of sp³-hybridized carbons (Fsp3) is 0.0714. The molecular formula is C14H8Cl2N2O4. The zero-order valence-corrected chi connectivity index (χ0v) is 12.4. The first-order valence-electron chi connectivity index (χ1n) is 6.12. The number of carbonyl (C=O) groups is 2. The van der Waals surface area contributed by atoms with Crippen LogP contribution in [0, 0.1) is 0 Å². The lowest BCUT2D eigenvalue weighted by atomic mass is 10.1. The first kappa shape index (κ1) is 14.6. The molecule has 0 spiro atoms. The maximum Gasteiger partial charge on any atom is 0.420 e. The maximum atomic E-state index is 12.1. The van der Waals surface area contributed by atoms with Crippen LogP contribution in [0.4, 0.5) is 10.5 Å². The SMILES string of the molecule is O=C(O)c1ccc(N2Cc3cc(Cl)cc(Cl)c3OC2=O)cn1. The summed E-state index contributed by atoms with van der Waals surface area (Å²) in [6.45, 7) is 0.197. The number of amides is 1. The number of fused-ring (bicyclic) bond motifs is 1. The van der Waals surface area contributed by atoms with Crippen LogP contribution in [0.2, 0.25) is 10.0 Å². The summed E-state index contributed by atoms with van der Waals surface area (Å²) in [6.07, 6.45) is 0.670. The quantitative estimate of drug-likeness (QED) is 0.904. The van der Waals surface area contributed by atoms with E-state index in [0.29, 0.717) is 16.3 Å². The molecule has 0 atom stereocenters. The smallest absolute Gasteiger partial charge is 0.420 e. The van der Waals surface area contributed by atoms with Crippen LogP contribution in [-0.4, -0.2) is 22.2 Å². The third kappa shape index (κ3) is 2.58. The van der Waals surface area contributed by atoms with Crippen LogP contribution in [0.25, 0.3) is 0 Å². The van der Waals surface area contributed by atoms with Crippen molar-refractivity contribution in [3.05, 3.63) is 51.8 Å². The predicted octanol–water partition coefficient (Wildman–Crippen LogP) is 3.61. The molecule has 0 unspecified atom stereocenters. The van der Waals surface area contributed by atoms with Gasteiger partial charge in [0.25, 0.3) is 0 Å². The van der Waals surface area contributed by atoms with Gasteiger partial charge in [0.2, 0.25) is 0 Å². The molecule has 112 valence electrons. The second kappa shape index (κ2) is 5.47. The molecular weight excluding hydrogens is 331 g/mol. The fourth-order valence-corrected chi connectivity index (χ4v) is 2.67. The van der Waals surface area contributed by atoms with E-state index in [9.17, 15) is 9.59 Å². The van der Waals surface area contributed by atoms with Gasteiger partial charge >= 0.3 is 12.1 Å². The Bertz CT molecular complexity index is 777. The number of aromatic carboxylic acids is 1. The van der Waals surface area contributed by atoms with E-state index < -0.39 is 12.1 Å². The average Bonchev–Trinajstić information content (AvgIpc) is 2.47. The van der Waals surface area contributed by atoms with Crippen LogP contribution in [0.15, 0.2) is 30.5 Å². The van der Waals surface area contributed by atoms with Crippen molar-refractivity contribution in [2.45, 2.75) is 6.54 Å². The largest absolute Gasteiger partial charge is 0.477 e. The minimum atomic E-state index is -1.14.